The fourth-order valence-corrected chi connectivity index (χ4v) is 5.97. The molecule has 5 rings (SSSR count). The van der Waals surface area contributed by atoms with Gasteiger partial charge in [-0.05, 0) is 24.6 Å². The summed E-state index contributed by atoms with van der Waals surface area (Å²) in [6, 6.07) is 6.40. The Balaban J connectivity index is 0.00000304. The third kappa shape index (κ3) is 4.88. The van der Waals surface area contributed by atoms with Crippen LogP contribution < -0.4 is 10.2 Å². The fourth-order valence-electron chi connectivity index (χ4n) is 4.62. The van der Waals surface area contributed by atoms with Crippen LogP contribution in [0.3, 0.4) is 0 Å². The summed E-state index contributed by atoms with van der Waals surface area (Å²) in [7, 11) is 0. The van der Waals surface area contributed by atoms with E-state index in [9.17, 15) is 24.6 Å². The SMILES string of the molecule is Cc1[nH]c(C(=O)NC2C3CN(c4nc(Cc5cccc(C(=O)O)c5)c(C(=O)O)s4)CC32)c(Cl)c1Cl.[LiH]. The van der Waals surface area contributed by atoms with Crippen LogP contribution >= 0.6 is 34.5 Å². The Bertz CT molecular complexity index is 1360. The molecule has 1 aliphatic heterocycles. The number of carboxylic acids is 2. The number of piperidine rings is 1. The van der Waals surface area contributed by atoms with Gasteiger partial charge in [0.1, 0.15) is 10.6 Å². The van der Waals surface area contributed by atoms with Crippen molar-refractivity contribution >= 4 is 76.4 Å². The van der Waals surface area contributed by atoms with Crippen LogP contribution in [0.25, 0.3) is 0 Å². The molecule has 0 radical (unpaired) electrons. The molecule has 9 nitrogen and oxygen atoms in total. The van der Waals surface area contributed by atoms with E-state index in [1.807, 2.05) is 4.90 Å². The number of fused-ring (bicyclic) bond motifs is 1. The summed E-state index contributed by atoms with van der Waals surface area (Å²) in [5.74, 6) is -1.94. The fraction of sp³-hybridized carbons (Fsp3) is 0.304. The third-order valence-corrected chi connectivity index (χ3v) is 8.56. The zero-order valence-electron chi connectivity index (χ0n) is 18.3. The normalized spacial score (nSPS) is 20.0. The number of benzene rings is 1. The number of halogens is 2. The summed E-state index contributed by atoms with van der Waals surface area (Å²) in [5.41, 5.74) is 2.10. The summed E-state index contributed by atoms with van der Waals surface area (Å²) < 4.78 is 0. The molecule has 2 unspecified atom stereocenters. The van der Waals surface area contributed by atoms with Crippen LogP contribution in [-0.2, 0) is 6.42 Å². The van der Waals surface area contributed by atoms with E-state index in [2.05, 4.69) is 15.3 Å². The van der Waals surface area contributed by atoms with Crippen molar-refractivity contribution in [2.24, 2.45) is 11.8 Å². The van der Waals surface area contributed by atoms with Gasteiger partial charge in [-0.1, -0.05) is 46.7 Å². The Labute approximate surface area is 232 Å². The van der Waals surface area contributed by atoms with Crippen LogP contribution in [0.5, 0.6) is 0 Å². The first-order valence-electron chi connectivity index (χ1n) is 10.8. The van der Waals surface area contributed by atoms with Gasteiger partial charge in [0.15, 0.2) is 5.13 Å². The van der Waals surface area contributed by atoms with Gasteiger partial charge >= 0.3 is 30.8 Å². The first-order valence-corrected chi connectivity index (χ1v) is 12.4. The molecule has 3 heterocycles. The number of hydrogen-bond donors (Lipinski definition) is 4. The number of aryl methyl sites for hydroxylation is 1. The molecule has 2 atom stereocenters. The molecule has 3 aromatic rings. The van der Waals surface area contributed by atoms with Crippen molar-refractivity contribution in [2.75, 3.05) is 18.0 Å². The number of nitrogens with one attached hydrogen (secondary N) is 2. The van der Waals surface area contributed by atoms with Crippen molar-refractivity contribution in [3.63, 3.8) is 0 Å². The van der Waals surface area contributed by atoms with Gasteiger partial charge in [-0.2, -0.15) is 0 Å². The van der Waals surface area contributed by atoms with Gasteiger partial charge in [-0.15, -0.1) is 0 Å². The van der Waals surface area contributed by atoms with Crippen LogP contribution in [-0.4, -0.2) is 76.0 Å². The molecule has 1 aromatic carbocycles. The van der Waals surface area contributed by atoms with Crippen LogP contribution in [0.1, 0.15) is 47.5 Å². The van der Waals surface area contributed by atoms with Crippen molar-refractivity contribution in [1.82, 2.24) is 15.3 Å². The quantitative estimate of drug-likeness (QED) is 0.336. The molecule has 36 heavy (non-hydrogen) atoms. The van der Waals surface area contributed by atoms with Gasteiger partial charge in [0.25, 0.3) is 5.91 Å². The molecule has 2 aliphatic rings. The summed E-state index contributed by atoms with van der Waals surface area (Å²) in [6.45, 7) is 3.04. The molecule has 1 saturated heterocycles. The van der Waals surface area contributed by atoms with E-state index in [-0.39, 0.29) is 70.2 Å². The number of hydrogen-bond acceptors (Lipinski definition) is 6. The molecule has 2 aromatic heterocycles. The Morgan fingerprint density at radius 3 is 2.44 bits per heavy atom. The van der Waals surface area contributed by atoms with Gasteiger partial charge < -0.3 is 25.4 Å². The van der Waals surface area contributed by atoms with Crippen LogP contribution in [0.2, 0.25) is 10.0 Å². The summed E-state index contributed by atoms with van der Waals surface area (Å²) in [6.07, 6.45) is 0.220. The van der Waals surface area contributed by atoms with E-state index < -0.39 is 11.9 Å². The van der Waals surface area contributed by atoms with E-state index >= 15 is 0 Å². The predicted molar refractivity (Wildman–Crippen MR) is 138 cm³/mol. The van der Waals surface area contributed by atoms with Crippen LogP contribution in [0.4, 0.5) is 5.13 Å². The van der Waals surface area contributed by atoms with E-state index in [1.54, 1.807) is 19.1 Å². The van der Waals surface area contributed by atoms with E-state index in [0.717, 1.165) is 11.3 Å². The van der Waals surface area contributed by atoms with Gasteiger partial charge in [0, 0.05) is 43.1 Å². The zero-order chi connectivity index (χ0) is 25.0. The molecule has 1 saturated carbocycles. The second kappa shape index (κ2) is 10.1. The van der Waals surface area contributed by atoms with Gasteiger partial charge in [0.05, 0.1) is 21.3 Å². The van der Waals surface area contributed by atoms with Crippen molar-refractivity contribution in [2.45, 2.75) is 19.4 Å². The number of aromatic nitrogens is 2. The number of amides is 1. The minimum absolute atomic E-state index is 0. The average Bonchev–Trinajstić information content (AvgIpc) is 3.19. The second-order valence-corrected chi connectivity index (χ2v) is 10.5. The number of H-pyrrole nitrogens is 1. The van der Waals surface area contributed by atoms with E-state index in [1.165, 1.54) is 12.1 Å². The van der Waals surface area contributed by atoms with E-state index in [0.29, 0.717) is 40.2 Å². The average molecular weight is 543 g/mol. The monoisotopic (exact) mass is 542 g/mol. The van der Waals surface area contributed by atoms with Crippen molar-refractivity contribution in [3.05, 3.63) is 67.4 Å². The van der Waals surface area contributed by atoms with Crippen molar-refractivity contribution in [1.29, 1.82) is 0 Å². The number of carboxylic acid groups (broad SMARTS) is 2. The maximum absolute atomic E-state index is 12.6. The van der Waals surface area contributed by atoms with Crippen molar-refractivity contribution in [3.8, 4) is 0 Å². The molecule has 0 spiro atoms. The summed E-state index contributed by atoms with van der Waals surface area (Å²) >= 11 is 13.3. The molecular formula is C23H21Cl2LiN4O5S. The van der Waals surface area contributed by atoms with Gasteiger partial charge in [-0.3, -0.25) is 4.79 Å². The van der Waals surface area contributed by atoms with E-state index in [4.69, 9.17) is 23.2 Å². The Kier molecular flexibility index (Phi) is 7.47. The molecule has 184 valence electrons. The number of rotatable bonds is 7. The zero-order valence-corrected chi connectivity index (χ0v) is 20.7. The number of carbonyl (C=O) groups is 3. The molecule has 13 heteroatoms. The maximum atomic E-state index is 12.6. The standard InChI is InChI=1S/C23H20Cl2N4O5S.Li.H/c1-9-15(24)16(25)18(26-9)20(30)28-17-12-7-29(8-13(12)17)23-27-14(19(35-23)22(33)34)6-10-3-2-4-11(5-10)21(31)32;;/h2-5,12-13,17,26H,6-8H2,1H3,(H,28,30)(H,31,32)(H,33,34);;. The van der Waals surface area contributed by atoms with Gasteiger partial charge in [-0.25, -0.2) is 14.6 Å². The summed E-state index contributed by atoms with van der Waals surface area (Å²) in [5, 5.41) is 23.1. The van der Waals surface area contributed by atoms with Crippen molar-refractivity contribution < 1.29 is 24.6 Å². The van der Waals surface area contributed by atoms with Gasteiger partial charge in [0.2, 0.25) is 0 Å². The molecule has 2 fully saturated rings. The minimum atomic E-state index is -1.07. The number of nitrogens with zero attached hydrogens (tertiary/aromatic N) is 2. The number of carbonyl (C=O) groups excluding carboxylic acids is 1. The van der Waals surface area contributed by atoms with Crippen LogP contribution in [0.15, 0.2) is 24.3 Å². The first-order chi connectivity index (χ1) is 16.6. The molecule has 1 amide bonds. The molecular weight excluding hydrogens is 522 g/mol. The Hall–Kier alpha value is -2.48. The molecule has 1 aliphatic carbocycles. The van der Waals surface area contributed by atoms with Crippen LogP contribution in [0, 0.1) is 18.8 Å². The molecule has 0 bridgehead atoms. The Morgan fingerprint density at radius 2 is 1.86 bits per heavy atom. The topological polar surface area (TPSA) is 136 Å². The number of anilines is 1. The number of thiazole rings is 1. The number of aromatic amines is 1. The second-order valence-electron chi connectivity index (χ2n) is 8.74. The predicted octanol–water partition coefficient (Wildman–Crippen LogP) is 3.29. The number of aromatic carboxylic acids is 2. The first kappa shape index (κ1) is 26.6. The summed E-state index contributed by atoms with van der Waals surface area (Å²) in [4.78, 5) is 45.4. The third-order valence-electron chi connectivity index (χ3n) is 6.47. The molecule has 4 N–H and O–H groups in total. The Morgan fingerprint density at radius 1 is 1.17 bits per heavy atom.